The summed E-state index contributed by atoms with van der Waals surface area (Å²) in [5, 5.41) is 2.82. The van der Waals surface area contributed by atoms with E-state index >= 15 is 0 Å². The van der Waals surface area contributed by atoms with Gasteiger partial charge in [-0.05, 0) is 37.1 Å². The molecule has 0 unspecified atom stereocenters. The van der Waals surface area contributed by atoms with Crippen molar-refractivity contribution in [2.24, 2.45) is 0 Å². The molecule has 0 spiro atoms. The summed E-state index contributed by atoms with van der Waals surface area (Å²) in [6, 6.07) is 14.8. The Morgan fingerprint density at radius 2 is 1.80 bits per heavy atom. The van der Waals surface area contributed by atoms with E-state index in [2.05, 4.69) is 5.32 Å². The first-order valence-corrected chi connectivity index (χ1v) is 10.2. The Kier molecular flexibility index (Phi) is 5.70. The average molecular weight is 407 g/mol. The fourth-order valence-electron chi connectivity index (χ4n) is 4.29. The van der Waals surface area contributed by atoms with E-state index < -0.39 is 6.04 Å². The van der Waals surface area contributed by atoms with E-state index in [1.165, 1.54) is 12.0 Å². The van der Waals surface area contributed by atoms with Crippen molar-refractivity contribution in [1.29, 1.82) is 0 Å². The third kappa shape index (κ3) is 3.87. The molecule has 4 amide bonds. The molecule has 0 aromatic heterocycles. The van der Waals surface area contributed by atoms with Crippen LogP contribution in [-0.4, -0.2) is 41.9 Å². The van der Waals surface area contributed by atoms with Crippen molar-refractivity contribution in [2.75, 3.05) is 17.3 Å². The van der Waals surface area contributed by atoms with Crippen molar-refractivity contribution in [1.82, 2.24) is 4.90 Å². The van der Waals surface area contributed by atoms with Crippen molar-refractivity contribution in [2.45, 2.75) is 44.2 Å². The number of amides is 4. The standard InChI is InChI=1S/C23H25N3O4/c1-30-19-13-7-12-18(14-19)26-22(28)20(25(23(26)29)17-10-5-6-11-17)15-21(27)24-16-8-3-2-4-9-16/h2-4,7-9,12-14,17,20H,5-6,10-11,15H2,1H3,(H,24,27)/t20-/m0/s1. The molecule has 2 aliphatic rings. The lowest BCUT2D eigenvalue weighted by molar-refractivity contribution is -0.124. The summed E-state index contributed by atoms with van der Waals surface area (Å²) < 4.78 is 5.24. The van der Waals surface area contributed by atoms with Crippen molar-refractivity contribution < 1.29 is 19.1 Å². The zero-order valence-electron chi connectivity index (χ0n) is 16.9. The minimum Gasteiger partial charge on any atom is -0.497 e. The topological polar surface area (TPSA) is 79.0 Å². The molecule has 1 saturated carbocycles. The summed E-state index contributed by atoms with van der Waals surface area (Å²) in [7, 11) is 1.54. The second-order valence-electron chi connectivity index (χ2n) is 7.64. The molecule has 1 aliphatic heterocycles. The summed E-state index contributed by atoms with van der Waals surface area (Å²) in [5.74, 6) is -0.100. The number of para-hydroxylation sites is 1. The summed E-state index contributed by atoms with van der Waals surface area (Å²) in [5.41, 5.74) is 1.12. The zero-order valence-corrected chi connectivity index (χ0v) is 16.9. The van der Waals surface area contributed by atoms with Gasteiger partial charge in [-0.1, -0.05) is 37.1 Å². The third-order valence-electron chi connectivity index (χ3n) is 5.72. The second-order valence-corrected chi connectivity index (χ2v) is 7.64. The summed E-state index contributed by atoms with van der Waals surface area (Å²) in [6.07, 6.45) is 3.66. The number of hydrogen-bond donors (Lipinski definition) is 1. The highest BCUT2D eigenvalue weighted by molar-refractivity contribution is 6.22. The molecule has 156 valence electrons. The Bertz CT molecular complexity index is 940. The molecule has 30 heavy (non-hydrogen) atoms. The number of carbonyl (C=O) groups is 3. The number of nitrogens with one attached hydrogen (secondary N) is 1. The van der Waals surface area contributed by atoms with Crippen LogP contribution >= 0.6 is 0 Å². The van der Waals surface area contributed by atoms with E-state index in [1.807, 2.05) is 18.2 Å². The number of carbonyl (C=O) groups excluding carboxylic acids is 3. The van der Waals surface area contributed by atoms with Gasteiger partial charge in [0.1, 0.15) is 11.8 Å². The maximum atomic E-state index is 13.3. The van der Waals surface area contributed by atoms with Crippen LogP contribution in [0.5, 0.6) is 5.75 Å². The fraction of sp³-hybridized carbons (Fsp3) is 0.348. The second kappa shape index (κ2) is 8.57. The lowest BCUT2D eigenvalue weighted by Crippen LogP contribution is -2.43. The molecule has 2 aromatic rings. The van der Waals surface area contributed by atoms with Crippen molar-refractivity contribution in [3.63, 3.8) is 0 Å². The van der Waals surface area contributed by atoms with E-state index in [0.717, 1.165) is 25.7 Å². The van der Waals surface area contributed by atoms with Gasteiger partial charge in [-0.25, -0.2) is 9.69 Å². The van der Waals surface area contributed by atoms with E-state index in [4.69, 9.17) is 4.74 Å². The van der Waals surface area contributed by atoms with Gasteiger partial charge in [0.25, 0.3) is 5.91 Å². The van der Waals surface area contributed by atoms with Gasteiger partial charge in [0.2, 0.25) is 5.91 Å². The number of methoxy groups -OCH3 is 1. The summed E-state index contributed by atoms with van der Waals surface area (Å²) in [4.78, 5) is 42.1. The first-order valence-electron chi connectivity index (χ1n) is 10.2. The number of urea groups is 1. The largest absolute Gasteiger partial charge is 0.497 e. The minimum atomic E-state index is -0.810. The van der Waals surface area contributed by atoms with Gasteiger partial charge in [0.05, 0.1) is 19.2 Å². The number of nitrogens with zero attached hydrogens (tertiary/aromatic N) is 2. The Morgan fingerprint density at radius 1 is 1.07 bits per heavy atom. The van der Waals surface area contributed by atoms with Crippen LogP contribution < -0.4 is 15.0 Å². The van der Waals surface area contributed by atoms with Gasteiger partial charge < -0.3 is 15.0 Å². The van der Waals surface area contributed by atoms with Gasteiger partial charge >= 0.3 is 6.03 Å². The molecule has 1 heterocycles. The Hall–Kier alpha value is -3.35. The van der Waals surface area contributed by atoms with Crippen molar-refractivity contribution in [3.05, 3.63) is 54.6 Å². The number of ether oxygens (including phenoxy) is 1. The molecular formula is C23H25N3O4. The van der Waals surface area contributed by atoms with Crippen molar-refractivity contribution >= 4 is 29.2 Å². The van der Waals surface area contributed by atoms with Crippen LogP contribution in [0.2, 0.25) is 0 Å². The highest BCUT2D eigenvalue weighted by Crippen LogP contribution is 2.35. The molecular weight excluding hydrogens is 382 g/mol. The van der Waals surface area contributed by atoms with E-state index in [-0.39, 0.29) is 30.3 Å². The molecule has 4 rings (SSSR count). The molecule has 7 nitrogen and oxygen atoms in total. The SMILES string of the molecule is COc1cccc(N2C(=O)[C@H](CC(=O)Nc3ccccc3)N(C3CCCC3)C2=O)c1. The zero-order chi connectivity index (χ0) is 21.1. The molecule has 1 atom stereocenters. The first kappa shape index (κ1) is 19.9. The lowest BCUT2D eigenvalue weighted by atomic mass is 10.1. The Balaban J connectivity index is 1.60. The molecule has 0 bridgehead atoms. The van der Waals surface area contributed by atoms with Gasteiger partial charge in [-0.2, -0.15) is 0 Å². The van der Waals surface area contributed by atoms with Crippen LogP contribution in [0.3, 0.4) is 0 Å². The maximum Gasteiger partial charge on any atom is 0.332 e. The maximum absolute atomic E-state index is 13.3. The normalized spacial score (nSPS) is 19.4. The lowest BCUT2D eigenvalue weighted by Gasteiger charge is -2.27. The van der Waals surface area contributed by atoms with Crippen LogP contribution in [0.15, 0.2) is 54.6 Å². The van der Waals surface area contributed by atoms with Crippen LogP contribution in [-0.2, 0) is 9.59 Å². The molecule has 2 aromatic carbocycles. The number of imide groups is 1. The monoisotopic (exact) mass is 407 g/mol. The highest BCUT2D eigenvalue weighted by atomic mass is 16.5. The van der Waals surface area contributed by atoms with Gasteiger partial charge in [0, 0.05) is 17.8 Å². The molecule has 0 radical (unpaired) electrons. The summed E-state index contributed by atoms with van der Waals surface area (Å²) >= 11 is 0. The minimum absolute atomic E-state index is 0.0217. The number of benzene rings is 2. The highest BCUT2D eigenvalue weighted by Gasteiger charge is 2.49. The van der Waals surface area contributed by atoms with Crippen LogP contribution in [0.25, 0.3) is 0 Å². The molecule has 2 fully saturated rings. The predicted molar refractivity (Wildman–Crippen MR) is 113 cm³/mol. The Labute approximate surface area is 175 Å². The van der Waals surface area contributed by atoms with Crippen molar-refractivity contribution in [3.8, 4) is 5.75 Å². The van der Waals surface area contributed by atoms with Gasteiger partial charge in [-0.3, -0.25) is 9.59 Å². The van der Waals surface area contributed by atoms with E-state index in [9.17, 15) is 14.4 Å². The number of rotatable bonds is 6. The van der Waals surface area contributed by atoms with Gasteiger partial charge in [-0.15, -0.1) is 0 Å². The van der Waals surface area contributed by atoms with Crippen LogP contribution in [0.4, 0.5) is 16.2 Å². The third-order valence-corrected chi connectivity index (χ3v) is 5.72. The molecule has 1 N–H and O–H groups in total. The number of hydrogen-bond acceptors (Lipinski definition) is 4. The predicted octanol–water partition coefficient (Wildman–Crippen LogP) is 3.80. The quantitative estimate of drug-likeness (QED) is 0.739. The number of anilines is 2. The molecule has 1 aliphatic carbocycles. The fourth-order valence-corrected chi connectivity index (χ4v) is 4.29. The van der Waals surface area contributed by atoms with E-state index in [0.29, 0.717) is 17.1 Å². The smallest absolute Gasteiger partial charge is 0.332 e. The van der Waals surface area contributed by atoms with Crippen LogP contribution in [0, 0.1) is 0 Å². The summed E-state index contributed by atoms with van der Waals surface area (Å²) in [6.45, 7) is 0. The molecule has 1 saturated heterocycles. The molecule has 7 heteroatoms. The van der Waals surface area contributed by atoms with E-state index in [1.54, 1.807) is 41.3 Å². The first-order chi connectivity index (χ1) is 14.6. The average Bonchev–Trinajstić information content (AvgIpc) is 3.35. The Morgan fingerprint density at radius 3 is 2.50 bits per heavy atom. The van der Waals surface area contributed by atoms with Crippen LogP contribution in [0.1, 0.15) is 32.1 Å². The van der Waals surface area contributed by atoms with Gasteiger partial charge in [0.15, 0.2) is 0 Å².